The number of nitrogens with one attached hydrogen (secondary N) is 1. The van der Waals surface area contributed by atoms with E-state index < -0.39 is 11.5 Å². The van der Waals surface area contributed by atoms with Gasteiger partial charge in [-0.25, -0.2) is 8.78 Å². The molecule has 3 atom stereocenters. The van der Waals surface area contributed by atoms with Gasteiger partial charge in [-0.1, -0.05) is 23.7 Å². The number of nitrogens with zero attached hydrogens (tertiary/aromatic N) is 1. The third-order valence-electron chi connectivity index (χ3n) is 8.39. The number of unbranched alkanes of at least 4 members (excludes halogenated alkanes) is 1. The van der Waals surface area contributed by atoms with E-state index in [0.29, 0.717) is 56.9 Å². The highest BCUT2D eigenvalue weighted by molar-refractivity contribution is 6.30. The Kier molecular flexibility index (Phi) is 11.6. The smallest absolute Gasteiger partial charge is 0.248 e. The summed E-state index contributed by atoms with van der Waals surface area (Å²) < 4.78 is 32.4. The van der Waals surface area contributed by atoms with E-state index in [4.69, 9.17) is 16.3 Å². The highest BCUT2D eigenvalue weighted by Crippen LogP contribution is 2.41. The van der Waals surface area contributed by atoms with E-state index in [0.717, 1.165) is 37.7 Å². The van der Waals surface area contributed by atoms with Gasteiger partial charge >= 0.3 is 0 Å². The van der Waals surface area contributed by atoms with Crippen LogP contribution in [0.25, 0.3) is 0 Å². The maximum Gasteiger partial charge on any atom is 0.248 e. The third-order valence-corrected chi connectivity index (χ3v) is 8.62. The van der Waals surface area contributed by atoms with Gasteiger partial charge in [-0.15, -0.1) is 0 Å². The van der Waals surface area contributed by atoms with E-state index in [1.807, 2.05) is 36.2 Å². The Balaban J connectivity index is 1.66. The van der Waals surface area contributed by atoms with Crippen LogP contribution in [0.4, 0.5) is 8.78 Å². The Morgan fingerprint density at radius 1 is 1.30 bits per heavy atom. The van der Waals surface area contributed by atoms with Crippen molar-refractivity contribution in [3.63, 3.8) is 0 Å². The van der Waals surface area contributed by atoms with Crippen molar-refractivity contribution in [3.8, 4) is 0 Å². The van der Waals surface area contributed by atoms with Crippen LogP contribution < -0.4 is 5.32 Å². The van der Waals surface area contributed by atoms with Gasteiger partial charge in [-0.3, -0.25) is 4.79 Å². The van der Waals surface area contributed by atoms with Crippen LogP contribution in [0.3, 0.4) is 0 Å². The molecule has 1 aromatic rings. The second-order valence-electron chi connectivity index (χ2n) is 11.2. The number of amides is 1. The molecule has 37 heavy (non-hydrogen) atoms. The summed E-state index contributed by atoms with van der Waals surface area (Å²) in [6.45, 7) is 2.54. The second-order valence-corrected chi connectivity index (χ2v) is 11.7. The summed E-state index contributed by atoms with van der Waals surface area (Å²) in [7, 11) is 3.55. The number of ether oxygens (including phenoxy) is 1. The molecule has 0 bridgehead atoms. The minimum absolute atomic E-state index is 0.0435. The fourth-order valence-electron chi connectivity index (χ4n) is 6.29. The third kappa shape index (κ3) is 8.87. The van der Waals surface area contributed by atoms with Gasteiger partial charge in [0.2, 0.25) is 11.8 Å². The number of rotatable bonds is 13. The highest BCUT2D eigenvalue weighted by Gasteiger charge is 2.41. The molecular formula is C29H45ClF2N2O3. The molecule has 1 saturated carbocycles. The number of hydrogen-bond acceptors (Lipinski definition) is 4. The predicted octanol–water partition coefficient (Wildman–Crippen LogP) is 6.02. The molecule has 0 radical (unpaired) electrons. The van der Waals surface area contributed by atoms with Crippen molar-refractivity contribution in [2.75, 3.05) is 40.4 Å². The number of carbonyl (C=O) groups is 1. The van der Waals surface area contributed by atoms with Gasteiger partial charge < -0.3 is 20.1 Å². The first kappa shape index (κ1) is 30.3. The molecule has 1 aliphatic carbocycles. The average molecular weight is 543 g/mol. The summed E-state index contributed by atoms with van der Waals surface area (Å²) in [5, 5.41) is 15.8. The minimum Gasteiger partial charge on any atom is -0.385 e. The van der Waals surface area contributed by atoms with Crippen LogP contribution in [-0.2, 0) is 15.1 Å². The van der Waals surface area contributed by atoms with Gasteiger partial charge in [0.05, 0.1) is 5.60 Å². The highest BCUT2D eigenvalue weighted by atomic mass is 35.5. The van der Waals surface area contributed by atoms with Crippen LogP contribution in [0.15, 0.2) is 24.3 Å². The van der Waals surface area contributed by atoms with E-state index in [1.165, 1.54) is 0 Å². The molecular weight excluding hydrogens is 498 g/mol. The van der Waals surface area contributed by atoms with Gasteiger partial charge in [0, 0.05) is 57.0 Å². The zero-order valence-corrected chi connectivity index (χ0v) is 23.2. The first-order valence-corrected chi connectivity index (χ1v) is 14.3. The molecule has 5 nitrogen and oxygen atoms in total. The molecule has 2 N–H and O–H groups in total. The van der Waals surface area contributed by atoms with Crippen molar-refractivity contribution in [3.05, 3.63) is 34.9 Å². The Morgan fingerprint density at radius 3 is 2.73 bits per heavy atom. The normalized spacial score (nSPS) is 23.0. The molecule has 1 aliphatic heterocycles. The SMILES string of the molecule is CNC[C@@H](CC(=O)N1CCC[C@@H]([C@@](O)(CCCCOC)c2cccc(Cl)c2)C1)CC1CCC(F)(F)CC1. The lowest BCUT2D eigenvalue weighted by Crippen LogP contribution is -2.48. The van der Waals surface area contributed by atoms with Gasteiger partial charge in [0.15, 0.2) is 0 Å². The van der Waals surface area contributed by atoms with Crippen LogP contribution in [0.5, 0.6) is 0 Å². The number of alkyl halides is 2. The lowest BCUT2D eigenvalue weighted by Gasteiger charge is -2.43. The largest absolute Gasteiger partial charge is 0.385 e. The fraction of sp³-hybridized carbons (Fsp3) is 0.759. The van der Waals surface area contributed by atoms with Gasteiger partial charge in [-0.05, 0) is 94.5 Å². The van der Waals surface area contributed by atoms with E-state index in [-0.39, 0.29) is 36.5 Å². The zero-order valence-electron chi connectivity index (χ0n) is 22.5. The van der Waals surface area contributed by atoms with Crippen molar-refractivity contribution in [1.29, 1.82) is 0 Å². The van der Waals surface area contributed by atoms with Gasteiger partial charge in [-0.2, -0.15) is 0 Å². The standard InChI is InChI=1S/C29H45ClF2N2O3/c1-33-20-23(17-22-10-13-28(31,32)14-11-22)18-27(35)34-15-6-8-25(21-34)29(36,12-3-4-16-37-2)24-7-5-9-26(30)19-24/h5,7,9,19,22-23,25,33,36H,3-4,6,8,10-18,20-21H2,1-2H3/t23-,25-,29-/m1/s1. The van der Waals surface area contributed by atoms with Crippen LogP contribution in [-0.4, -0.2) is 62.2 Å². The lowest BCUT2D eigenvalue weighted by molar-refractivity contribution is -0.138. The molecule has 0 spiro atoms. The summed E-state index contributed by atoms with van der Waals surface area (Å²) in [6.07, 6.45) is 6.11. The van der Waals surface area contributed by atoms with Crippen LogP contribution in [0.1, 0.15) is 76.2 Å². The van der Waals surface area contributed by atoms with Gasteiger partial charge in [0.25, 0.3) is 0 Å². The monoisotopic (exact) mass is 542 g/mol. The van der Waals surface area contributed by atoms with Crippen LogP contribution in [0.2, 0.25) is 5.02 Å². The Labute approximate surface area is 226 Å². The van der Waals surface area contributed by atoms with Crippen molar-refractivity contribution >= 4 is 17.5 Å². The molecule has 1 amide bonds. The van der Waals surface area contributed by atoms with Crippen molar-refractivity contribution in [1.82, 2.24) is 10.2 Å². The first-order valence-electron chi connectivity index (χ1n) is 13.9. The Morgan fingerprint density at radius 2 is 2.05 bits per heavy atom. The molecule has 1 saturated heterocycles. The number of likely N-dealkylation sites (tertiary alicyclic amines) is 1. The van der Waals surface area contributed by atoms with Crippen molar-refractivity contribution < 1.29 is 23.4 Å². The molecule has 3 rings (SSSR count). The molecule has 210 valence electrons. The fourth-order valence-corrected chi connectivity index (χ4v) is 6.48. The predicted molar refractivity (Wildman–Crippen MR) is 144 cm³/mol. The molecule has 0 aromatic heterocycles. The van der Waals surface area contributed by atoms with E-state index in [9.17, 15) is 18.7 Å². The molecule has 2 fully saturated rings. The van der Waals surface area contributed by atoms with Crippen molar-refractivity contribution in [2.45, 2.75) is 82.2 Å². The number of aliphatic hydroxyl groups is 1. The lowest BCUT2D eigenvalue weighted by atomic mass is 9.74. The number of piperidine rings is 1. The van der Waals surface area contributed by atoms with E-state index >= 15 is 0 Å². The molecule has 1 aromatic carbocycles. The van der Waals surface area contributed by atoms with E-state index in [2.05, 4.69) is 5.32 Å². The number of benzene rings is 1. The zero-order chi connectivity index (χ0) is 26.9. The van der Waals surface area contributed by atoms with Crippen molar-refractivity contribution in [2.24, 2.45) is 17.8 Å². The Hall–Kier alpha value is -1.28. The summed E-state index contributed by atoms with van der Waals surface area (Å²) in [4.78, 5) is 15.4. The summed E-state index contributed by atoms with van der Waals surface area (Å²) in [5.41, 5.74) is -0.270. The second kappa shape index (κ2) is 14.2. The first-order chi connectivity index (χ1) is 17.7. The molecule has 8 heteroatoms. The molecule has 0 unspecified atom stereocenters. The minimum atomic E-state index is -2.53. The molecule has 2 aliphatic rings. The maximum atomic E-state index is 13.6. The van der Waals surface area contributed by atoms with Gasteiger partial charge in [0.1, 0.15) is 0 Å². The Bertz CT molecular complexity index is 848. The topological polar surface area (TPSA) is 61.8 Å². The molecule has 1 heterocycles. The summed E-state index contributed by atoms with van der Waals surface area (Å²) in [5.74, 6) is -2.15. The maximum absolute atomic E-state index is 13.6. The average Bonchev–Trinajstić information content (AvgIpc) is 2.88. The van der Waals surface area contributed by atoms with Crippen LogP contribution >= 0.6 is 11.6 Å². The quantitative estimate of drug-likeness (QED) is 0.299. The number of halogens is 3. The number of hydrogen-bond donors (Lipinski definition) is 2. The summed E-state index contributed by atoms with van der Waals surface area (Å²) >= 11 is 6.29. The number of methoxy groups -OCH3 is 1. The van der Waals surface area contributed by atoms with E-state index in [1.54, 1.807) is 7.11 Å². The van der Waals surface area contributed by atoms with Crippen LogP contribution in [0, 0.1) is 17.8 Å². The summed E-state index contributed by atoms with van der Waals surface area (Å²) in [6, 6.07) is 7.45. The number of carbonyl (C=O) groups excluding carboxylic acids is 1.